The molecule has 2 heterocycles. The van der Waals surface area contributed by atoms with Gasteiger partial charge in [-0.15, -0.1) is 0 Å². The molecule has 3 rings (SSSR count). The molecule has 1 saturated heterocycles. The zero-order valence-corrected chi connectivity index (χ0v) is 11.1. The van der Waals surface area contributed by atoms with Crippen LogP contribution < -0.4 is 10.3 Å². The van der Waals surface area contributed by atoms with Gasteiger partial charge in [-0.05, 0) is 25.8 Å². The summed E-state index contributed by atoms with van der Waals surface area (Å²) < 4.78 is 7.49. The topological polar surface area (TPSA) is 34.5 Å². The van der Waals surface area contributed by atoms with Crippen molar-refractivity contribution in [1.82, 2.24) is 9.47 Å². The Labute approximate surface area is 107 Å². The lowest BCUT2D eigenvalue weighted by Gasteiger charge is -2.47. The minimum Gasteiger partial charge on any atom is -0.487 e. The summed E-state index contributed by atoms with van der Waals surface area (Å²) in [5.41, 5.74) is 0.938. The second-order valence-corrected chi connectivity index (χ2v) is 5.51. The quantitative estimate of drug-likeness (QED) is 0.809. The van der Waals surface area contributed by atoms with Crippen molar-refractivity contribution in [2.45, 2.75) is 38.3 Å². The Morgan fingerprint density at radius 1 is 1.28 bits per heavy atom. The summed E-state index contributed by atoms with van der Waals surface area (Å²) in [6, 6.07) is 4.32. The summed E-state index contributed by atoms with van der Waals surface area (Å²) in [5, 5.41) is 0. The van der Waals surface area contributed by atoms with Gasteiger partial charge in [-0.1, -0.05) is 6.42 Å². The largest absolute Gasteiger partial charge is 0.487 e. The van der Waals surface area contributed by atoms with Crippen molar-refractivity contribution >= 4 is 0 Å². The number of ether oxygens (including phenoxy) is 1. The van der Waals surface area contributed by atoms with E-state index in [2.05, 4.69) is 4.90 Å². The van der Waals surface area contributed by atoms with E-state index < -0.39 is 0 Å². The van der Waals surface area contributed by atoms with Crippen LogP contribution in [0.4, 0.5) is 0 Å². The molecule has 0 aromatic carbocycles. The SMILES string of the molecule is Cc1cc(OC2CN(C3CCC3)C2)cc(=O)n1C. The lowest BCUT2D eigenvalue weighted by Crippen LogP contribution is -2.59. The van der Waals surface area contributed by atoms with Crippen molar-refractivity contribution < 1.29 is 4.74 Å². The van der Waals surface area contributed by atoms with Crippen LogP contribution in [-0.4, -0.2) is 34.7 Å². The number of pyridine rings is 1. The van der Waals surface area contributed by atoms with E-state index in [9.17, 15) is 4.79 Å². The van der Waals surface area contributed by atoms with Gasteiger partial charge in [0, 0.05) is 37.9 Å². The fourth-order valence-electron chi connectivity index (χ4n) is 2.59. The molecular weight excluding hydrogens is 228 g/mol. The first-order chi connectivity index (χ1) is 8.63. The molecule has 4 nitrogen and oxygen atoms in total. The van der Waals surface area contributed by atoms with Crippen LogP contribution in [0.2, 0.25) is 0 Å². The van der Waals surface area contributed by atoms with E-state index in [4.69, 9.17) is 4.74 Å². The molecule has 1 aromatic heterocycles. The predicted octanol–water partition coefficient (Wildman–Crippen LogP) is 1.31. The molecule has 1 aliphatic carbocycles. The normalized spacial score (nSPS) is 21.4. The first-order valence-corrected chi connectivity index (χ1v) is 6.72. The number of nitrogens with zero attached hydrogens (tertiary/aromatic N) is 2. The van der Waals surface area contributed by atoms with Crippen LogP contribution in [0.1, 0.15) is 25.0 Å². The Bertz CT molecular complexity index is 499. The number of hydrogen-bond acceptors (Lipinski definition) is 3. The highest BCUT2D eigenvalue weighted by Gasteiger charge is 2.36. The third-order valence-corrected chi connectivity index (χ3v) is 4.25. The van der Waals surface area contributed by atoms with E-state index in [-0.39, 0.29) is 11.7 Å². The van der Waals surface area contributed by atoms with Gasteiger partial charge in [-0.25, -0.2) is 0 Å². The highest BCUT2D eigenvalue weighted by atomic mass is 16.5. The maximum atomic E-state index is 11.6. The molecule has 0 N–H and O–H groups in total. The Hall–Kier alpha value is -1.29. The molecule has 98 valence electrons. The minimum absolute atomic E-state index is 0.000160. The van der Waals surface area contributed by atoms with Gasteiger partial charge in [0.05, 0.1) is 0 Å². The summed E-state index contributed by atoms with van der Waals surface area (Å²) in [7, 11) is 1.78. The van der Waals surface area contributed by atoms with Crippen molar-refractivity contribution in [3.05, 3.63) is 28.2 Å². The Balaban J connectivity index is 1.59. The molecule has 0 unspecified atom stereocenters. The molecule has 2 aliphatic rings. The van der Waals surface area contributed by atoms with E-state index in [1.54, 1.807) is 17.7 Å². The molecule has 18 heavy (non-hydrogen) atoms. The lowest BCUT2D eigenvalue weighted by atomic mass is 9.89. The van der Waals surface area contributed by atoms with Gasteiger partial charge in [0.15, 0.2) is 0 Å². The van der Waals surface area contributed by atoms with Crippen molar-refractivity contribution in [3.8, 4) is 5.75 Å². The van der Waals surface area contributed by atoms with Crippen molar-refractivity contribution in [3.63, 3.8) is 0 Å². The molecule has 0 radical (unpaired) electrons. The molecule has 1 saturated carbocycles. The molecule has 2 fully saturated rings. The number of rotatable bonds is 3. The molecule has 1 aromatic rings. The van der Waals surface area contributed by atoms with Gasteiger partial charge in [-0.2, -0.15) is 0 Å². The second-order valence-electron chi connectivity index (χ2n) is 5.51. The summed E-state index contributed by atoms with van der Waals surface area (Å²) in [5.74, 6) is 0.717. The van der Waals surface area contributed by atoms with E-state index in [1.165, 1.54) is 19.3 Å². The smallest absolute Gasteiger partial charge is 0.254 e. The molecule has 1 aliphatic heterocycles. The maximum absolute atomic E-state index is 11.6. The third kappa shape index (κ3) is 2.05. The molecular formula is C14H20N2O2. The highest BCUT2D eigenvalue weighted by Crippen LogP contribution is 2.29. The molecule has 0 bridgehead atoms. The fourth-order valence-corrected chi connectivity index (χ4v) is 2.59. The Kier molecular flexibility index (Phi) is 2.90. The summed E-state index contributed by atoms with van der Waals surface area (Å²) in [6.07, 6.45) is 4.33. The minimum atomic E-state index is 0.000160. The first-order valence-electron chi connectivity index (χ1n) is 6.72. The van der Waals surface area contributed by atoms with Crippen LogP contribution in [0.3, 0.4) is 0 Å². The monoisotopic (exact) mass is 248 g/mol. The van der Waals surface area contributed by atoms with Gasteiger partial charge in [-0.3, -0.25) is 9.69 Å². The van der Waals surface area contributed by atoms with E-state index >= 15 is 0 Å². The van der Waals surface area contributed by atoms with Gasteiger partial charge < -0.3 is 9.30 Å². The Morgan fingerprint density at radius 2 is 2.00 bits per heavy atom. The van der Waals surface area contributed by atoms with Gasteiger partial charge in [0.2, 0.25) is 0 Å². The van der Waals surface area contributed by atoms with Crippen LogP contribution in [-0.2, 0) is 7.05 Å². The standard InChI is InChI=1S/C14H20N2O2/c1-10-6-12(7-14(17)15(10)2)18-13-8-16(9-13)11-4-3-5-11/h6-7,11,13H,3-5,8-9H2,1-2H3. The third-order valence-electron chi connectivity index (χ3n) is 4.25. The van der Waals surface area contributed by atoms with E-state index in [1.807, 2.05) is 13.0 Å². The number of aryl methyl sites for hydroxylation is 1. The zero-order valence-electron chi connectivity index (χ0n) is 11.1. The Morgan fingerprint density at radius 3 is 2.56 bits per heavy atom. The van der Waals surface area contributed by atoms with Crippen molar-refractivity contribution in [2.24, 2.45) is 7.05 Å². The highest BCUT2D eigenvalue weighted by molar-refractivity contribution is 5.23. The predicted molar refractivity (Wildman–Crippen MR) is 70.0 cm³/mol. The number of hydrogen-bond donors (Lipinski definition) is 0. The van der Waals surface area contributed by atoms with Crippen LogP contribution in [0, 0.1) is 6.92 Å². The van der Waals surface area contributed by atoms with Gasteiger partial charge in [0.25, 0.3) is 5.56 Å². The van der Waals surface area contributed by atoms with Gasteiger partial charge >= 0.3 is 0 Å². The second kappa shape index (κ2) is 4.43. The fraction of sp³-hybridized carbons (Fsp3) is 0.643. The summed E-state index contributed by atoms with van der Waals surface area (Å²) in [4.78, 5) is 14.1. The molecule has 0 atom stereocenters. The van der Waals surface area contributed by atoms with E-state index in [0.29, 0.717) is 5.75 Å². The molecule has 0 amide bonds. The van der Waals surface area contributed by atoms with Crippen LogP contribution in [0.5, 0.6) is 5.75 Å². The average Bonchev–Trinajstić information content (AvgIpc) is 2.20. The maximum Gasteiger partial charge on any atom is 0.254 e. The van der Waals surface area contributed by atoms with Crippen LogP contribution >= 0.6 is 0 Å². The number of aromatic nitrogens is 1. The lowest BCUT2D eigenvalue weighted by molar-refractivity contribution is -0.0309. The van der Waals surface area contributed by atoms with Gasteiger partial charge in [0.1, 0.15) is 11.9 Å². The van der Waals surface area contributed by atoms with E-state index in [0.717, 1.165) is 24.8 Å². The zero-order chi connectivity index (χ0) is 12.7. The summed E-state index contributed by atoms with van der Waals surface area (Å²) >= 11 is 0. The number of likely N-dealkylation sites (tertiary alicyclic amines) is 1. The first kappa shape index (κ1) is 11.8. The molecule has 0 spiro atoms. The molecule has 4 heteroatoms. The van der Waals surface area contributed by atoms with Crippen LogP contribution in [0.15, 0.2) is 16.9 Å². The van der Waals surface area contributed by atoms with Crippen molar-refractivity contribution in [2.75, 3.05) is 13.1 Å². The van der Waals surface area contributed by atoms with Crippen molar-refractivity contribution in [1.29, 1.82) is 0 Å². The summed E-state index contributed by atoms with van der Waals surface area (Å²) in [6.45, 7) is 3.95. The average molecular weight is 248 g/mol. The van der Waals surface area contributed by atoms with Crippen LogP contribution in [0.25, 0.3) is 0 Å².